The largest absolute Gasteiger partial charge is 0.376 e. The van der Waals surface area contributed by atoms with Gasteiger partial charge in [0.1, 0.15) is 11.0 Å². The molecule has 1 saturated carbocycles. The first-order chi connectivity index (χ1) is 8.24. The van der Waals surface area contributed by atoms with Gasteiger partial charge in [-0.25, -0.2) is 4.98 Å². The first-order valence-electron chi connectivity index (χ1n) is 6.13. The summed E-state index contributed by atoms with van der Waals surface area (Å²) in [5.41, 5.74) is -0.0533. The normalized spacial score (nSPS) is 24.2. The number of ether oxygens (including phenoxy) is 1. The Kier molecular flexibility index (Phi) is 2.92. The molecule has 0 N–H and O–H groups in total. The van der Waals surface area contributed by atoms with E-state index in [-0.39, 0.29) is 11.7 Å². The van der Waals surface area contributed by atoms with E-state index in [2.05, 4.69) is 4.98 Å². The highest BCUT2D eigenvalue weighted by Gasteiger charge is 2.30. The fourth-order valence-corrected chi connectivity index (χ4v) is 2.50. The first-order valence-corrected chi connectivity index (χ1v) is 6.51. The van der Waals surface area contributed by atoms with Gasteiger partial charge in [-0.2, -0.15) is 0 Å². The van der Waals surface area contributed by atoms with Gasteiger partial charge in [-0.05, 0) is 25.7 Å². The molecule has 1 aliphatic carbocycles. The molecule has 0 spiro atoms. The molecule has 17 heavy (non-hydrogen) atoms. The Morgan fingerprint density at radius 1 is 1.47 bits per heavy atom. The van der Waals surface area contributed by atoms with E-state index in [1.165, 1.54) is 6.07 Å². The zero-order valence-corrected chi connectivity index (χ0v) is 10.3. The number of nitrogens with zero attached hydrogens (tertiary/aromatic N) is 2. The van der Waals surface area contributed by atoms with Gasteiger partial charge in [0.15, 0.2) is 0 Å². The molecule has 2 heterocycles. The van der Waals surface area contributed by atoms with Gasteiger partial charge in [-0.1, -0.05) is 11.6 Å². The molecule has 3 rings (SSSR count). The second-order valence-electron chi connectivity index (χ2n) is 4.80. The Morgan fingerprint density at radius 3 is 2.94 bits per heavy atom. The van der Waals surface area contributed by atoms with Gasteiger partial charge >= 0.3 is 0 Å². The molecule has 1 aromatic heterocycles. The molecular formula is C12H15ClN2O2. The van der Waals surface area contributed by atoms with Crippen molar-refractivity contribution in [1.82, 2.24) is 9.55 Å². The van der Waals surface area contributed by atoms with E-state index < -0.39 is 0 Å². The third kappa shape index (κ3) is 2.38. The summed E-state index contributed by atoms with van der Waals surface area (Å²) >= 11 is 5.85. The Labute approximate surface area is 105 Å². The van der Waals surface area contributed by atoms with Crippen LogP contribution in [0.5, 0.6) is 0 Å². The van der Waals surface area contributed by atoms with Crippen LogP contribution >= 0.6 is 11.6 Å². The predicted octanol–water partition coefficient (Wildman–Crippen LogP) is 1.95. The lowest BCUT2D eigenvalue weighted by Gasteiger charge is -2.15. The van der Waals surface area contributed by atoms with Gasteiger partial charge in [-0.3, -0.25) is 9.36 Å². The predicted molar refractivity (Wildman–Crippen MR) is 64.5 cm³/mol. The molecule has 0 bridgehead atoms. The molecule has 1 unspecified atom stereocenters. The van der Waals surface area contributed by atoms with Crippen LogP contribution in [0.3, 0.4) is 0 Å². The number of hydrogen-bond acceptors (Lipinski definition) is 3. The number of halogens is 1. The molecule has 0 radical (unpaired) electrons. The molecule has 92 valence electrons. The molecule has 2 aliphatic rings. The summed E-state index contributed by atoms with van der Waals surface area (Å²) in [6.07, 6.45) is 4.49. The van der Waals surface area contributed by atoms with Crippen molar-refractivity contribution < 1.29 is 4.74 Å². The maximum atomic E-state index is 12.0. The van der Waals surface area contributed by atoms with E-state index in [0.29, 0.717) is 17.6 Å². The third-order valence-electron chi connectivity index (χ3n) is 3.36. The Balaban J connectivity index is 1.92. The fraction of sp³-hybridized carbons (Fsp3) is 0.667. The second kappa shape index (κ2) is 4.42. The molecule has 5 heteroatoms. The van der Waals surface area contributed by atoms with E-state index in [1.807, 2.05) is 0 Å². The standard InChI is InChI=1S/C12H15ClN2O2/c13-10-6-11(16)15(7-9-2-1-5-17-9)12(14-10)8-3-4-8/h6,8-9H,1-5,7H2. The highest BCUT2D eigenvalue weighted by Crippen LogP contribution is 2.39. The summed E-state index contributed by atoms with van der Waals surface area (Å²) < 4.78 is 7.33. The smallest absolute Gasteiger partial charge is 0.255 e. The van der Waals surface area contributed by atoms with Crippen LogP contribution in [-0.4, -0.2) is 22.3 Å². The van der Waals surface area contributed by atoms with E-state index in [0.717, 1.165) is 38.1 Å². The summed E-state index contributed by atoms with van der Waals surface area (Å²) in [6, 6.07) is 1.39. The van der Waals surface area contributed by atoms with Gasteiger partial charge in [0.25, 0.3) is 5.56 Å². The fourth-order valence-electron chi connectivity index (χ4n) is 2.32. The van der Waals surface area contributed by atoms with Crippen LogP contribution < -0.4 is 5.56 Å². The lowest BCUT2D eigenvalue weighted by atomic mass is 10.2. The van der Waals surface area contributed by atoms with Crippen molar-refractivity contribution in [3.05, 3.63) is 27.4 Å². The quantitative estimate of drug-likeness (QED) is 0.775. The van der Waals surface area contributed by atoms with Crippen molar-refractivity contribution in [3.63, 3.8) is 0 Å². The summed E-state index contributed by atoms with van der Waals surface area (Å²) in [5.74, 6) is 1.26. The molecular weight excluding hydrogens is 240 g/mol. The third-order valence-corrected chi connectivity index (χ3v) is 3.55. The Hall–Kier alpha value is -0.870. The average Bonchev–Trinajstić information content (AvgIpc) is 3.00. The van der Waals surface area contributed by atoms with Crippen molar-refractivity contribution >= 4 is 11.6 Å². The zero-order chi connectivity index (χ0) is 11.8. The minimum atomic E-state index is -0.0533. The van der Waals surface area contributed by atoms with Crippen LogP contribution in [-0.2, 0) is 11.3 Å². The van der Waals surface area contributed by atoms with Crippen molar-refractivity contribution in [2.24, 2.45) is 0 Å². The van der Waals surface area contributed by atoms with Crippen molar-refractivity contribution in [3.8, 4) is 0 Å². The average molecular weight is 255 g/mol. The van der Waals surface area contributed by atoms with Gasteiger partial charge in [0.05, 0.1) is 12.6 Å². The Bertz CT molecular complexity index is 476. The summed E-state index contributed by atoms with van der Waals surface area (Å²) in [7, 11) is 0. The summed E-state index contributed by atoms with van der Waals surface area (Å²) in [6.45, 7) is 1.42. The molecule has 1 aromatic rings. The maximum Gasteiger partial charge on any atom is 0.255 e. The molecule has 1 aliphatic heterocycles. The van der Waals surface area contributed by atoms with Crippen molar-refractivity contribution in [2.45, 2.75) is 44.2 Å². The number of rotatable bonds is 3. The lowest BCUT2D eigenvalue weighted by molar-refractivity contribution is 0.0950. The van der Waals surface area contributed by atoms with Gasteiger partial charge in [0.2, 0.25) is 0 Å². The van der Waals surface area contributed by atoms with Crippen LogP contribution in [0.4, 0.5) is 0 Å². The second-order valence-corrected chi connectivity index (χ2v) is 5.18. The van der Waals surface area contributed by atoms with Crippen LogP contribution in [0, 0.1) is 0 Å². The number of aromatic nitrogens is 2. The topological polar surface area (TPSA) is 44.1 Å². The van der Waals surface area contributed by atoms with Crippen LogP contribution in [0.2, 0.25) is 5.15 Å². The van der Waals surface area contributed by atoms with Crippen LogP contribution in [0.1, 0.15) is 37.4 Å². The minimum Gasteiger partial charge on any atom is -0.376 e. The zero-order valence-electron chi connectivity index (χ0n) is 9.56. The minimum absolute atomic E-state index is 0.0533. The van der Waals surface area contributed by atoms with E-state index in [9.17, 15) is 4.79 Å². The van der Waals surface area contributed by atoms with Crippen molar-refractivity contribution in [2.75, 3.05) is 6.61 Å². The molecule has 0 amide bonds. The Morgan fingerprint density at radius 2 is 2.29 bits per heavy atom. The molecule has 0 aromatic carbocycles. The van der Waals surface area contributed by atoms with Gasteiger partial charge in [0, 0.05) is 18.6 Å². The highest BCUT2D eigenvalue weighted by molar-refractivity contribution is 6.29. The van der Waals surface area contributed by atoms with Crippen LogP contribution in [0.15, 0.2) is 10.9 Å². The van der Waals surface area contributed by atoms with E-state index in [1.54, 1.807) is 4.57 Å². The van der Waals surface area contributed by atoms with Crippen molar-refractivity contribution in [1.29, 1.82) is 0 Å². The monoisotopic (exact) mass is 254 g/mol. The first kappa shape index (κ1) is 11.2. The summed E-state index contributed by atoms with van der Waals surface area (Å²) in [5, 5.41) is 0.306. The maximum absolute atomic E-state index is 12.0. The lowest BCUT2D eigenvalue weighted by Crippen LogP contribution is -2.29. The van der Waals surface area contributed by atoms with Crippen LogP contribution in [0.25, 0.3) is 0 Å². The highest BCUT2D eigenvalue weighted by atomic mass is 35.5. The number of hydrogen-bond donors (Lipinski definition) is 0. The van der Waals surface area contributed by atoms with E-state index >= 15 is 0 Å². The van der Waals surface area contributed by atoms with E-state index in [4.69, 9.17) is 16.3 Å². The molecule has 4 nitrogen and oxygen atoms in total. The molecule has 2 fully saturated rings. The van der Waals surface area contributed by atoms with Gasteiger partial charge < -0.3 is 4.74 Å². The summed E-state index contributed by atoms with van der Waals surface area (Å²) in [4.78, 5) is 16.3. The molecule has 1 saturated heterocycles. The van der Waals surface area contributed by atoms with Gasteiger partial charge in [-0.15, -0.1) is 0 Å². The molecule has 1 atom stereocenters. The SMILES string of the molecule is O=c1cc(Cl)nc(C2CC2)n1CC1CCCO1.